The standard InChI is InChI=1S/C27H28N2O6/c1-18(22-16-21(33-2)14-15-23(22)34-3)28-24(30)17-35-27(32)25(19-10-6-4-7-11-19)29-26(31)20-12-8-5-9-13-20/h4-16,18,25H,17H2,1-3H3,(H,28,30)(H,29,31). The number of nitrogens with one attached hydrogen (secondary N) is 2. The summed E-state index contributed by atoms with van der Waals surface area (Å²) in [4.78, 5) is 38.1. The molecular weight excluding hydrogens is 448 g/mol. The van der Waals surface area contributed by atoms with Gasteiger partial charge in [0.15, 0.2) is 12.6 Å². The van der Waals surface area contributed by atoms with Crippen molar-refractivity contribution in [3.05, 3.63) is 95.6 Å². The molecule has 0 saturated carbocycles. The zero-order valence-corrected chi connectivity index (χ0v) is 19.8. The Balaban J connectivity index is 1.66. The van der Waals surface area contributed by atoms with Crippen LogP contribution in [-0.2, 0) is 14.3 Å². The number of ether oxygens (including phenoxy) is 3. The molecular formula is C27H28N2O6. The number of methoxy groups -OCH3 is 2. The Morgan fingerprint density at radius 2 is 1.49 bits per heavy atom. The topological polar surface area (TPSA) is 103 Å². The molecule has 0 bridgehead atoms. The maximum atomic E-state index is 12.9. The number of esters is 1. The van der Waals surface area contributed by atoms with E-state index in [1.165, 1.54) is 7.11 Å². The van der Waals surface area contributed by atoms with Gasteiger partial charge in [-0.2, -0.15) is 0 Å². The maximum Gasteiger partial charge on any atom is 0.333 e. The average Bonchev–Trinajstić information content (AvgIpc) is 2.90. The number of carbonyl (C=O) groups is 3. The van der Waals surface area contributed by atoms with Crippen LogP contribution < -0.4 is 20.1 Å². The van der Waals surface area contributed by atoms with E-state index < -0.39 is 36.5 Å². The van der Waals surface area contributed by atoms with Crippen molar-refractivity contribution in [2.75, 3.05) is 20.8 Å². The van der Waals surface area contributed by atoms with Gasteiger partial charge in [-0.3, -0.25) is 9.59 Å². The minimum Gasteiger partial charge on any atom is -0.497 e. The molecule has 0 radical (unpaired) electrons. The summed E-state index contributed by atoms with van der Waals surface area (Å²) in [5, 5.41) is 5.48. The van der Waals surface area contributed by atoms with Crippen LogP contribution in [0.25, 0.3) is 0 Å². The minimum atomic E-state index is -1.08. The highest BCUT2D eigenvalue weighted by Gasteiger charge is 2.26. The number of rotatable bonds is 10. The fourth-order valence-electron chi connectivity index (χ4n) is 3.49. The molecule has 182 valence electrons. The fourth-order valence-corrected chi connectivity index (χ4v) is 3.49. The third kappa shape index (κ3) is 6.83. The Morgan fingerprint density at radius 1 is 0.829 bits per heavy atom. The highest BCUT2D eigenvalue weighted by Crippen LogP contribution is 2.29. The summed E-state index contributed by atoms with van der Waals surface area (Å²) in [6, 6.07) is 21.0. The lowest BCUT2D eigenvalue weighted by Crippen LogP contribution is -2.37. The summed E-state index contributed by atoms with van der Waals surface area (Å²) in [5.41, 5.74) is 1.65. The molecule has 8 heteroatoms. The third-order valence-corrected chi connectivity index (χ3v) is 5.31. The lowest BCUT2D eigenvalue weighted by molar-refractivity contribution is -0.150. The molecule has 0 saturated heterocycles. The van der Waals surface area contributed by atoms with Gasteiger partial charge in [0.05, 0.1) is 20.3 Å². The zero-order valence-electron chi connectivity index (χ0n) is 19.8. The normalized spacial score (nSPS) is 12.1. The molecule has 35 heavy (non-hydrogen) atoms. The first-order valence-corrected chi connectivity index (χ1v) is 11.0. The quantitative estimate of drug-likeness (QED) is 0.434. The van der Waals surface area contributed by atoms with Gasteiger partial charge in [0.2, 0.25) is 0 Å². The first-order chi connectivity index (χ1) is 16.9. The third-order valence-electron chi connectivity index (χ3n) is 5.31. The van der Waals surface area contributed by atoms with Gasteiger partial charge in [-0.1, -0.05) is 48.5 Å². The van der Waals surface area contributed by atoms with Crippen molar-refractivity contribution in [2.45, 2.75) is 19.0 Å². The first kappa shape index (κ1) is 25.3. The number of carbonyl (C=O) groups excluding carboxylic acids is 3. The predicted octanol–water partition coefficient (Wildman–Crippen LogP) is 3.60. The van der Waals surface area contributed by atoms with Crippen molar-refractivity contribution in [1.29, 1.82) is 0 Å². The highest BCUT2D eigenvalue weighted by atomic mass is 16.5. The van der Waals surface area contributed by atoms with Crippen LogP contribution in [0.4, 0.5) is 0 Å². The highest BCUT2D eigenvalue weighted by molar-refractivity contribution is 5.97. The summed E-state index contributed by atoms with van der Waals surface area (Å²) in [5.74, 6) is -0.477. The Kier molecular flexibility index (Phi) is 8.83. The van der Waals surface area contributed by atoms with Gasteiger partial charge in [-0.25, -0.2) is 4.79 Å². The molecule has 0 spiro atoms. The first-order valence-electron chi connectivity index (χ1n) is 11.0. The van der Waals surface area contributed by atoms with Crippen molar-refractivity contribution in [3.8, 4) is 11.5 Å². The van der Waals surface area contributed by atoms with Gasteiger partial charge in [0.25, 0.3) is 11.8 Å². The smallest absolute Gasteiger partial charge is 0.333 e. The van der Waals surface area contributed by atoms with Crippen molar-refractivity contribution in [3.63, 3.8) is 0 Å². The molecule has 2 N–H and O–H groups in total. The van der Waals surface area contributed by atoms with E-state index in [1.54, 1.807) is 92.9 Å². The van der Waals surface area contributed by atoms with Gasteiger partial charge in [0.1, 0.15) is 11.5 Å². The van der Waals surface area contributed by atoms with Crippen LogP contribution in [-0.4, -0.2) is 38.6 Å². The van der Waals surface area contributed by atoms with E-state index in [0.29, 0.717) is 28.2 Å². The molecule has 2 unspecified atom stereocenters. The molecule has 0 heterocycles. The van der Waals surface area contributed by atoms with E-state index in [2.05, 4.69) is 10.6 Å². The second kappa shape index (κ2) is 12.2. The Morgan fingerprint density at radius 3 is 2.11 bits per heavy atom. The van der Waals surface area contributed by atoms with Crippen LogP contribution in [0, 0.1) is 0 Å². The summed E-state index contributed by atoms with van der Waals surface area (Å²) >= 11 is 0. The zero-order chi connectivity index (χ0) is 25.2. The van der Waals surface area contributed by atoms with Crippen LogP contribution in [0.1, 0.15) is 40.5 Å². The molecule has 3 aromatic rings. The van der Waals surface area contributed by atoms with E-state index >= 15 is 0 Å². The van der Waals surface area contributed by atoms with Crippen molar-refractivity contribution in [1.82, 2.24) is 10.6 Å². The van der Waals surface area contributed by atoms with E-state index in [1.807, 2.05) is 0 Å². The largest absolute Gasteiger partial charge is 0.497 e. The number of hydrogen-bond donors (Lipinski definition) is 2. The monoisotopic (exact) mass is 476 g/mol. The second-order valence-corrected chi connectivity index (χ2v) is 7.69. The molecule has 0 aliphatic rings. The Bertz CT molecular complexity index is 1150. The summed E-state index contributed by atoms with van der Waals surface area (Å²) in [6.07, 6.45) is 0. The molecule has 3 aromatic carbocycles. The van der Waals surface area contributed by atoms with E-state index in [0.717, 1.165) is 0 Å². The van der Waals surface area contributed by atoms with Crippen LogP contribution in [0.15, 0.2) is 78.9 Å². The van der Waals surface area contributed by atoms with Crippen LogP contribution in [0.5, 0.6) is 11.5 Å². The SMILES string of the molecule is COc1ccc(OC)c(C(C)NC(=O)COC(=O)C(NC(=O)c2ccccc2)c2ccccc2)c1. The van der Waals surface area contributed by atoms with E-state index in [4.69, 9.17) is 14.2 Å². The van der Waals surface area contributed by atoms with Crippen molar-refractivity contribution < 1.29 is 28.6 Å². The van der Waals surface area contributed by atoms with Crippen molar-refractivity contribution in [2.24, 2.45) is 0 Å². The molecule has 0 aliphatic heterocycles. The molecule has 0 fully saturated rings. The summed E-state index contributed by atoms with van der Waals surface area (Å²) in [6.45, 7) is 1.27. The predicted molar refractivity (Wildman–Crippen MR) is 130 cm³/mol. The second-order valence-electron chi connectivity index (χ2n) is 7.69. The van der Waals surface area contributed by atoms with E-state index in [9.17, 15) is 14.4 Å². The minimum absolute atomic E-state index is 0.403. The van der Waals surface area contributed by atoms with Gasteiger partial charge in [-0.15, -0.1) is 0 Å². The average molecular weight is 477 g/mol. The fraction of sp³-hybridized carbons (Fsp3) is 0.222. The lowest BCUT2D eigenvalue weighted by Gasteiger charge is -2.20. The van der Waals surface area contributed by atoms with Crippen LogP contribution in [0.3, 0.4) is 0 Å². The van der Waals surface area contributed by atoms with Gasteiger partial charge in [-0.05, 0) is 42.8 Å². The van der Waals surface area contributed by atoms with Gasteiger partial charge in [0, 0.05) is 11.1 Å². The molecule has 2 atom stereocenters. The van der Waals surface area contributed by atoms with Crippen molar-refractivity contribution >= 4 is 17.8 Å². The molecule has 2 amide bonds. The Hall–Kier alpha value is -4.33. The summed E-state index contributed by atoms with van der Waals surface area (Å²) in [7, 11) is 3.09. The molecule has 3 rings (SSSR count). The molecule has 8 nitrogen and oxygen atoms in total. The number of hydrogen-bond acceptors (Lipinski definition) is 6. The number of amides is 2. The van der Waals surface area contributed by atoms with Crippen LogP contribution in [0.2, 0.25) is 0 Å². The maximum absolute atomic E-state index is 12.9. The number of benzene rings is 3. The van der Waals surface area contributed by atoms with Crippen LogP contribution >= 0.6 is 0 Å². The van der Waals surface area contributed by atoms with E-state index in [-0.39, 0.29) is 0 Å². The summed E-state index contributed by atoms with van der Waals surface area (Å²) < 4.78 is 15.9. The lowest BCUT2D eigenvalue weighted by atomic mass is 10.1. The Labute approximate surface area is 204 Å². The van der Waals surface area contributed by atoms with Gasteiger partial charge >= 0.3 is 5.97 Å². The van der Waals surface area contributed by atoms with Gasteiger partial charge < -0.3 is 24.8 Å². The molecule has 0 aromatic heterocycles. The molecule has 0 aliphatic carbocycles.